The summed E-state index contributed by atoms with van der Waals surface area (Å²) >= 11 is 6.03. The van der Waals surface area contributed by atoms with Gasteiger partial charge in [0.05, 0.1) is 4.83 Å². The van der Waals surface area contributed by atoms with E-state index in [4.69, 9.17) is 0 Å². The highest BCUT2D eigenvalue weighted by atomic mass is 79.9. The Kier molecular flexibility index (Phi) is 5.73. The summed E-state index contributed by atoms with van der Waals surface area (Å²) in [5.41, 5.74) is -3.54. The highest BCUT2D eigenvalue weighted by Gasteiger charge is 2.31. The molecule has 7 heteroatoms. The number of hydrogen-bond acceptors (Lipinski definition) is 2. The summed E-state index contributed by atoms with van der Waals surface area (Å²) in [6.45, 7) is 1.59. The van der Waals surface area contributed by atoms with Crippen LogP contribution in [-0.4, -0.2) is 16.1 Å². The van der Waals surface area contributed by atoms with E-state index in [0.29, 0.717) is 5.33 Å². The van der Waals surface area contributed by atoms with E-state index in [1.807, 2.05) is 0 Å². The zero-order valence-electron chi connectivity index (χ0n) is 9.22. The van der Waals surface area contributed by atoms with Crippen LogP contribution in [0.2, 0.25) is 0 Å². The fourth-order valence-electron chi connectivity index (χ4n) is 1.28. The molecule has 0 bridgehead atoms. The van der Waals surface area contributed by atoms with Crippen molar-refractivity contribution in [3.63, 3.8) is 0 Å². The van der Waals surface area contributed by atoms with Crippen LogP contribution in [0.15, 0.2) is 23.1 Å². The molecule has 0 N–H and O–H groups in total. The van der Waals surface area contributed by atoms with Gasteiger partial charge in [-0.2, -0.15) is 13.2 Å². The fraction of sp³-hybridized carbons (Fsp3) is 0.364. The van der Waals surface area contributed by atoms with Gasteiger partial charge in [-0.15, -0.1) is 0 Å². The standard InChI is InChI=1S/C11H9Br2F3OS/c1-6(13)10(17)8-4-7(5-12)2-3-9(8)18-11(14,15)16/h2-4,6H,5H2,1H3. The zero-order valence-corrected chi connectivity index (χ0v) is 13.2. The number of hydrogen-bond donors (Lipinski definition) is 0. The van der Waals surface area contributed by atoms with Crippen molar-refractivity contribution >= 4 is 49.4 Å². The number of alkyl halides is 5. The van der Waals surface area contributed by atoms with Gasteiger partial charge in [0.15, 0.2) is 5.78 Å². The average Bonchev–Trinajstić information content (AvgIpc) is 2.26. The summed E-state index contributed by atoms with van der Waals surface area (Å²) < 4.78 is 37.2. The molecule has 1 aromatic rings. The van der Waals surface area contributed by atoms with E-state index in [9.17, 15) is 18.0 Å². The van der Waals surface area contributed by atoms with Gasteiger partial charge in [0.2, 0.25) is 0 Å². The minimum atomic E-state index is -4.40. The normalized spacial score (nSPS) is 13.4. The van der Waals surface area contributed by atoms with Crippen LogP contribution in [0.5, 0.6) is 0 Å². The molecule has 1 nitrogen and oxygen atoms in total. The van der Waals surface area contributed by atoms with E-state index >= 15 is 0 Å². The van der Waals surface area contributed by atoms with Crippen LogP contribution in [0.3, 0.4) is 0 Å². The van der Waals surface area contributed by atoms with E-state index in [1.165, 1.54) is 12.1 Å². The predicted octanol–water partition coefficient (Wildman–Crippen LogP) is 5.16. The van der Waals surface area contributed by atoms with Gasteiger partial charge >= 0.3 is 5.51 Å². The molecule has 1 rings (SSSR count). The van der Waals surface area contributed by atoms with Crippen molar-refractivity contribution in [1.82, 2.24) is 0 Å². The largest absolute Gasteiger partial charge is 0.446 e. The molecule has 0 spiro atoms. The van der Waals surface area contributed by atoms with Crippen molar-refractivity contribution in [3.8, 4) is 0 Å². The van der Waals surface area contributed by atoms with Crippen molar-refractivity contribution < 1.29 is 18.0 Å². The Morgan fingerprint density at radius 2 is 2.06 bits per heavy atom. The van der Waals surface area contributed by atoms with Crippen LogP contribution in [-0.2, 0) is 5.33 Å². The molecule has 1 atom stereocenters. The molecule has 0 aliphatic rings. The van der Waals surface area contributed by atoms with Crippen LogP contribution in [0.25, 0.3) is 0 Å². The molecule has 0 saturated heterocycles. The second kappa shape index (κ2) is 6.43. The summed E-state index contributed by atoms with van der Waals surface area (Å²) in [7, 11) is 0. The number of carbonyl (C=O) groups excluding carboxylic acids is 1. The molecule has 0 heterocycles. The smallest absolute Gasteiger partial charge is 0.293 e. The van der Waals surface area contributed by atoms with Crippen molar-refractivity contribution in [2.24, 2.45) is 0 Å². The number of rotatable bonds is 4. The maximum Gasteiger partial charge on any atom is 0.446 e. The predicted molar refractivity (Wildman–Crippen MR) is 73.7 cm³/mol. The van der Waals surface area contributed by atoms with Gasteiger partial charge in [-0.1, -0.05) is 37.9 Å². The zero-order chi connectivity index (χ0) is 13.9. The minimum Gasteiger partial charge on any atom is -0.293 e. The molecule has 0 saturated carbocycles. The summed E-state index contributed by atoms with van der Waals surface area (Å²) in [5, 5.41) is 0.487. The van der Waals surface area contributed by atoms with E-state index in [0.717, 1.165) is 5.56 Å². The van der Waals surface area contributed by atoms with Gasteiger partial charge in [-0.25, -0.2) is 0 Å². The van der Waals surface area contributed by atoms with Crippen LogP contribution in [0, 0.1) is 0 Å². The quantitative estimate of drug-likeness (QED) is 0.391. The van der Waals surface area contributed by atoms with Crippen LogP contribution >= 0.6 is 43.6 Å². The van der Waals surface area contributed by atoms with E-state index in [-0.39, 0.29) is 28.0 Å². The molecule has 18 heavy (non-hydrogen) atoms. The highest BCUT2D eigenvalue weighted by Crippen LogP contribution is 2.39. The second-order valence-corrected chi connectivity index (χ2v) is 6.53. The molecular weight excluding hydrogens is 397 g/mol. The Bertz CT molecular complexity index is 446. The van der Waals surface area contributed by atoms with Gasteiger partial charge < -0.3 is 0 Å². The first kappa shape index (κ1) is 16.0. The lowest BCUT2D eigenvalue weighted by atomic mass is 10.1. The Labute approximate surface area is 124 Å². The monoisotopic (exact) mass is 404 g/mol. The van der Waals surface area contributed by atoms with Crippen LogP contribution in [0.4, 0.5) is 13.2 Å². The first-order valence-electron chi connectivity index (χ1n) is 4.87. The molecular formula is C11H9Br2F3OS. The maximum absolute atomic E-state index is 12.4. The Morgan fingerprint density at radius 3 is 2.50 bits per heavy atom. The molecule has 100 valence electrons. The first-order valence-corrected chi connectivity index (χ1v) is 7.73. The number of ketones is 1. The van der Waals surface area contributed by atoms with Crippen molar-refractivity contribution in [2.45, 2.75) is 27.5 Å². The van der Waals surface area contributed by atoms with Crippen LogP contribution in [0.1, 0.15) is 22.8 Å². The van der Waals surface area contributed by atoms with Gasteiger partial charge in [0, 0.05) is 15.8 Å². The molecule has 0 aliphatic carbocycles. The maximum atomic E-state index is 12.4. The van der Waals surface area contributed by atoms with Gasteiger partial charge in [-0.05, 0) is 36.4 Å². The fourth-order valence-corrected chi connectivity index (χ4v) is 2.53. The molecule has 0 radical (unpaired) electrons. The Balaban J connectivity index is 3.20. The van der Waals surface area contributed by atoms with Crippen molar-refractivity contribution in [1.29, 1.82) is 0 Å². The third-order valence-corrected chi connectivity index (χ3v) is 3.92. The summed E-state index contributed by atoms with van der Waals surface area (Å²) in [6, 6.07) is 4.39. The Hall–Kier alpha value is -0.0100. The van der Waals surface area contributed by atoms with Crippen molar-refractivity contribution in [2.75, 3.05) is 0 Å². The molecule has 0 amide bonds. The van der Waals surface area contributed by atoms with Crippen LogP contribution < -0.4 is 0 Å². The average molecular weight is 406 g/mol. The van der Waals surface area contributed by atoms with Gasteiger partial charge in [-0.3, -0.25) is 4.79 Å². The van der Waals surface area contributed by atoms with E-state index < -0.39 is 10.3 Å². The third kappa shape index (κ3) is 4.59. The molecule has 1 aromatic carbocycles. The first-order chi connectivity index (χ1) is 8.24. The van der Waals surface area contributed by atoms with E-state index in [1.54, 1.807) is 13.0 Å². The highest BCUT2D eigenvalue weighted by molar-refractivity contribution is 9.10. The SMILES string of the molecule is CC(Br)C(=O)c1cc(CBr)ccc1SC(F)(F)F. The number of benzene rings is 1. The molecule has 0 aromatic heterocycles. The summed E-state index contributed by atoms with van der Waals surface area (Å²) in [6.07, 6.45) is 0. The second-order valence-electron chi connectivity index (χ2n) is 3.49. The number of thioether (sulfide) groups is 1. The lowest BCUT2D eigenvalue weighted by Gasteiger charge is -2.12. The molecule has 0 fully saturated rings. The number of carbonyl (C=O) groups is 1. The number of halogens is 5. The number of Topliss-reactive ketones (excluding diaryl/α,β-unsaturated/α-hetero) is 1. The van der Waals surface area contributed by atoms with Gasteiger partial charge in [0.1, 0.15) is 0 Å². The summed E-state index contributed by atoms with van der Waals surface area (Å²) in [4.78, 5) is 11.3. The molecule has 0 aliphatic heterocycles. The van der Waals surface area contributed by atoms with Crippen molar-refractivity contribution in [3.05, 3.63) is 29.3 Å². The van der Waals surface area contributed by atoms with E-state index in [2.05, 4.69) is 31.9 Å². The summed E-state index contributed by atoms with van der Waals surface area (Å²) in [5.74, 6) is -0.357. The van der Waals surface area contributed by atoms with Gasteiger partial charge in [0.25, 0.3) is 0 Å². The molecule has 1 unspecified atom stereocenters. The Morgan fingerprint density at radius 1 is 1.44 bits per heavy atom. The lowest BCUT2D eigenvalue weighted by Crippen LogP contribution is -2.13. The topological polar surface area (TPSA) is 17.1 Å². The third-order valence-electron chi connectivity index (χ3n) is 2.05. The lowest BCUT2D eigenvalue weighted by molar-refractivity contribution is -0.0328. The minimum absolute atomic E-state index is 0.0662.